The average molecular weight is 399 g/mol. The number of esters is 1. The van der Waals surface area contributed by atoms with Crippen LogP contribution in [0.1, 0.15) is 58.3 Å². The van der Waals surface area contributed by atoms with Gasteiger partial charge in [-0.2, -0.15) is 0 Å². The van der Waals surface area contributed by atoms with Crippen LogP contribution in [0.5, 0.6) is 0 Å². The van der Waals surface area contributed by atoms with Gasteiger partial charge in [0, 0.05) is 32.8 Å². The van der Waals surface area contributed by atoms with Crippen LogP contribution in [0.25, 0.3) is 0 Å². The SMILES string of the molecule is CCOC(=O)C1CCC(OC(N2CCCC2)N2CCCC2COCOC)CC1. The summed E-state index contributed by atoms with van der Waals surface area (Å²) >= 11 is 0. The van der Waals surface area contributed by atoms with E-state index in [9.17, 15) is 4.79 Å². The van der Waals surface area contributed by atoms with Gasteiger partial charge >= 0.3 is 5.97 Å². The first-order valence-electron chi connectivity index (χ1n) is 11.1. The molecule has 2 atom stereocenters. The zero-order valence-corrected chi connectivity index (χ0v) is 17.6. The van der Waals surface area contributed by atoms with Gasteiger partial charge in [0.25, 0.3) is 0 Å². The third kappa shape index (κ3) is 5.89. The van der Waals surface area contributed by atoms with Crippen LogP contribution in [0.15, 0.2) is 0 Å². The first-order chi connectivity index (χ1) is 13.7. The Morgan fingerprint density at radius 3 is 2.46 bits per heavy atom. The molecular weight excluding hydrogens is 360 g/mol. The minimum Gasteiger partial charge on any atom is -0.466 e. The zero-order chi connectivity index (χ0) is 19.8. The lowest BCUT2D eigenvalue weighted by atomic mass is 9.87. The summed E-state index contributed by atoms with van der Waals surface area (Å²) in [7, 11) is 1.66. The van der Waals surface area contributed by atoms with E-state index in [-0.39, 0.29) is 24.3 Å². The molecule has 0 amide bonds. The maximum atomic E-state index is 12.0. The van der Waals surface area contributed by atoms with Crippen LogP contribution >= 0.6 is 0 Å². The Balaban J connectivity index is 1.56. The van der Waals surface area contributed by atoms with Crippen molar-refractivity contribution in [1.29, 1.82) is 0 Å². The maximum Gasteiger partial charge on any atom is 0.308 e. The van der Waals surface area contributed by atoms with Crippen molar-refractivity contribution in [2.45, 2.75) is 76.8 Å². The van der Waals surface area contributed by atoms with E-state index in [1.807, 2.05) is 6.92 Å². The second-order valence-electron chi connectivity index (χ2n) is 8.24. The van der Waals surface area contributed by atoms with Gasteiger partial charge < -0.3 is 18.9 Å². The maximum absolute atomic E-state index is 12.0. The van der Waals surface area contributed by atoms with Crippen LogP contribution in [0.2, 0.25) is 0 Å². The van der Waals surface area contributed by atoms with Crippen molar-refractivity contribution in [2.75, 3.05) is 46.8 Å². The summed E-state index contributed by atoms with van der Waals surface area (Å²) in [5.74, 6) is 0.0129. The van der Waals surface area contributed by atoms with Crippen molar-refractivity contribution in [3.05, 3.63) is 0 Å². The van der Waals surface area contributed by atoms with Crippen LogP contribution < -0.4 is 0 Å². The van der Waals surface area contributed by atoms with Crippen molar-refractivity contribution in [3.63, 3.8) is 0 Å². The molecule has 2 heterocycles. The molecule has 2 aliphatic heterocycles. The van der Waals surface area contributed by atoms with E-state index < -0.39 is 0 Å². The minimum atomic E-state index is -0.0352. The number of carbonyl (C=O) groups excluding carboxylic acids is 1. The van der Waals surface area contributed by atoms with Crippen LogP contribution in [0.3, 0.4) is 0 Å². The molecule has 162 valence electrons. The second kappa shape index (κ2) is 11.5. The Labute approximate surface area is 169 Å². The number of hydrogen-bond acceptors (Lipinski definition) is 7. The molecule has 0 N–H and O–H groups in total. The molecule has 1 aliphatic carbocycles. The highest BCUT2D eigenvalue weighted by atomic mass is 16.7. The van der Waals surface area contributed by atoms with Crippen molar-refractivity contribution < 1.29 is 23.7 Å². The number of nitrogens with zero attached hydrogens (tertiary/aromatic N) is 2. The molecule has 2 saturated heterocycles. The number of hydrogen-bond donors (Lipinski definition) is 0. The molecule has 1 saturated carbocycles. The van der Waals surface area contributed by atoms with Crippen molar-refractivity contribution >= 4 is 5.97 Å². The fourth-order valence-electron chi connectivity index (χ4n) is 4.80. The predicted octanol–water partition coefficient (Wildman–Crippen LogP) is 2.59. The number of carbonyl (C=O) groups is 1. The fourth-order valence-corrected chi connectivity index (χ4v) is 4.80. The molecule has 0 radical (unpaired) electrons. The van der Waals surface area contributed by atoms with E-state index in [1.54, 1.807) is 7.11 Å². The molecule has 3 rings (SSSR count). The Morgan fingerprint density at radius 2 is 1.79 bits per heavy atom. The van der Waals surface area contributed by atoms with Crippen molar-refractivity contribution in [3.8, 4) is 0 Å². The molecular formula is C21H38N2O5. The predicted molar refractivity (Wildman–Crippen MR) is 106 cm³/mol. The summed E-state index contributed by atoms with van der Waals surface area (Å²) in [5, 5.41) is 0. The minimum absolute atomic E-state index is 0.0327. The van der Waals surface area contributed by atoms with Crippen LogP contribution in [-0.4, -0.2) is 81.0 Å². The van der Waals surface area contributed by atoms with Gasteiger partial charge in [-0.15, -0.1) is 0 Å². The lowest BCUT2D eigenvalue weighted by molar-refractivity contribution is -0.194. The van der Waals surface area contributed by atoms with E-state index in [0.717, 1.165) is 51.7 Å². The smallest absolute Gasteiger partial charge is 0.308 e. The molecule has 7 nitrogen and oxygen atoms in total. The Hall–Kier alpha value is -0.730. The molecule has 0 aromatic carbocycles. The number of rotatable bonds is 10. The van der Waals surface area contributed by atoms with Gasteiger partial charge in [0.1, 0.15) is 6.79 Å². The number of ether oxygens (including phenoxy) is 4. The van der Waals surface area contributed by atoms with Gasteiger partial charge in [-0.3, -0.25) is 14.6 Å². The van der Waals surface area contributed by atoms with E-state index in [1.165, 1.54) is 19.3 Å². The van der Waals surface area contributed by atoms with E-state index in [4.69, 9.17) is 18.9 Å². The third-order valence-electron chi connectivity index (χ3n) is 6.28. The van der Waals surface area contributed by atoms with Gasteiger partial charge in [0.2, 0.25) is 0 Å². The Kier molecular flexibility index (Phi) is 8.99. The summed E-state index contributed by atoms with van der Waals surface area (Å²) in [6.07, 6.45) is 8.69. The molecule has 3 aliphatic rings. The Bertz CT molecular complexity index is 464. The average Bonchev–Trinajstić information content (AvgIpc) is 3.39. The third-order valence-corrected chi connectivity index (χ3v) is 6.28. The molecule has 2 unspecified atom stereocenters. The van der Waals surface area contributed by atoms with Crippen LogP contribution in [-0.2, 0) is 23.7 Å². The normalized spacial score (nSPS) is 30.6. The summed E-state index contributed by atoms with van der Waals surface area (Å²) in [4.78, 5) is 17.0. The monoisotopic (exact) mass is 398 g/mol. The largest absolute Gasteiger partial charge is 0.466 e. The molecule has 0 aromatic rings. The summed E-state index contributed by atoms with van der Waals surface area (Å²) in [5.41, 5.74) is 0. The summed E-state index contributed by atoms with van der Waals surface area (Å²) < 4.78 is 22.6. The number of likely N-dealkylation sites (tertiary alicyclic amines) is 2. The van der Waals surface area contributed by atoms with Gasteiger partial charge in [0.15, 0.2) is 6.35 Å². The molecule has 3 fully saturated rings. The topological polar surface area (TPSA) is 60.5 Å². The highest BCUT2D eigenvalue weighted by Crippen LogP contribution is 2.32. The van der Waals surface area contributed by atoms with Gasteiger partial charge in [-0.25, -0.2) is 0 Å². The van der Waals surface area contributed by atoms with E-state index >= 15 is 0 Å². The molecule has 7 heteroatoms. The highest BCUT2D eigenvalue weighted by Gasteiger charge is 2.38. The Morgan fingerprint density at radius 1 is 1.04 bits per heavy atom. The molecule has 0 bridgehead atoms. The first-order valence-corrected chi connectivity index (χ1v) is 11.1. The quantitative estimate of drug-likeness (QED) is 0.318. The first kappa shape index (κ1) is 22.0. The van der Waals surface area contributed by atoms with Gasteiger partial charge in [0.05, 0.1) is 25.2 Å². The zero-order valence-electron chi connectivity index (χ0n) is 17.6. The van der Waals surface area contributed by atoms with Crippen molar-refractivity contribution in [2.24, 2.45) is 5.92 Å². The van der Waals surface area contributed by atoms with E-state index in [2.05, 4.69) is 9.80 Å². The molecule has 0 spiro atoms. The van der Waals surface area contributed by atoms with Gasteiger partial charge in [-0.1, -0.05) is 0 Å². The van der Waals surface area contributed by atoms with Crippen LogP contribution in [0.4, 0.5) is 0 Å². The lowest BCUT2D eigenvalue weighted by Gasteiger charge is -2.41. The summed E-state index contributed by atoms with van der Waals surface area (Å²) in [6.45, 7) is 6.63. The molecule has 28 heavy (non-hydrogen) atoms. The fraction of sp³-hybridized carbons (Fsp3) is 0.952. The highest BCUT2D eigenvalue weighted by molar-refractivity contribution is 5.72. The molecule has 0 aromatic heterocycles. The van der Waals surface area contributed by atoms with E-state index in [0.29, 0.717) is 26.0 Å². The van der Waals surface area contributed by atoms with Crippen LogP contribution in [0, 0.1) is 5.92 Å². The second-order valence-corrected chi connectivity index (χ2v) is 8.24. The standard InChI is InChI=1S/C21H38N2O5/c1-3-27-20(24)17-8-10-19(11-9-17)28-21(22-12-4-5-13-22)23-14-6-7-18(23)15-26-16-25-2/h17-19,21H,3-16H2,1-2H3. The number of methoxy groups -OCH3 is 1. The van der Waals surface area contributed by atoms with Gasteiger partial charge in [-0.05, 0) is 58.3 Å². The lowest BCUT2D eigenvalue weighted by Crippen LogP contribution is -2.53. The summed E-state index contributed by atoms with van der Waals surface area (Å²) in [6, 6.07) is 0.386. The van der Waals surface area contributed by atoms with Crippen molar-refractivity contribution in [1.82, 2.24) is 9.80 Å².